The van der Waals surface area contributed by atoms with Crippen molar-refractivity contribution in [3.05, 3.63) is 64.4 Å². The smallest absolute Gasteiger partial charge is 0.356 e. The lowest BCUT2D eigenvalue weighted by molar-refractivity contribution is 0.0513. The second-order valence-electron chi connectivity index (χ2n) is 7.33. The highest BCUT2D eigenvalue weighted by Crippen LogP contribution is 2.42. The van der Waals surface area contributed by atoms with E-state index in [1.807, 2.05) is 0 Å². The number of pyridine rings is 1. The number of nitrogens with two attached hydrogens (primary N) is 1. The summed E-state index contributed by atoms with van der Waals surface area (Å²) in [7, 11) is 1.47. The molecule has 2 amide bonds. The van der Waals surface area contributed by atoms with Gasteiger partial charge in [0.2, 0.25) is 0 Å². The summed E-state index contributed by atoms with van der Waals surface area (Å²) in [5.41, 5.74) is 5.95. The highest BCUT2D eigenvalue weighted by molar-refractivity contribution is 7.21. The number of hydrogen-bond donors (Lipinski definition) is 2. The SMILES string of the molecule is CCOC(=O)c1cc(C(=O)Nc2c(C(N)=O)sc3nc(C(F)F)cc(-c4ccccc4)c23)nn1C. The van der Waals surface area contributed by atoms with Gasteiger partial charge in [-0.1, -0.05) is 30.3 Å². The molecule has 3 N–H and O–H groups in total. The number of rotatable bonds is 7. The molecular formula is C23H19F2N5O4S. The number of aryl methyl sites for hydroxylation is 1. The summed E-state index contributed by atoms with van der Waals surface area (Å²) < 4.78 is 33.3. The third-order valence-electron chi connectivity index (χ3n) is 5.05. The van der Waals surface area contributed by atoms with Crippen LogP contribution in [-0.2, 0) is 11.8 Å². The van der Waals surface area contributed by atoms with Gasteiger partial charge in [0.15, 0.2) is 5.69 Å². The predicted octanol–water partition coefficient (Wildman–Crippen LogP) is 4.16. The fourth-order valence-corrected chi connectivity index (χ4v) is 4.53. The van der Waals surface area contributed by atoms with Crippen LogP contribution >= 0.6 is 11.3 Å². The fourth-order valence-electron chi connectivity index (χ4n) is 3.52. The first kappa shape index (κ1) is 24.0. The Labute approximate surface area is 201 Å². The van der Waals surface area contributed by atoms with Gasteiger partial charge in [-0.25, -0.2) is 18.6 Å². The quantitative estimate of drug-likeness (QED) is 0.367. The highest BCUT2D eigenvalue weighted by atomic mass is 32.1. The Bertz CT molecular complexity index is 1450. The molecule has 1 aromatic carbocycles. The molecule has 0 fully saturated rings. The van der Waals surface area contributed by atoms with Crippen LogP contribution in [0.25, 0.3) is 21.3 Å². The van der Waals surface area contributed by atoms with Gasteiger partial charge in [-0.05, 0) is 24.1 Å². The third kappa shape index (κ3) is 4.60. The lowest BCUT2D eigenvalue weighted by Crippen LogP contribution is -2.17. The number of thiophene rings is 1. The maximum Gasteiger partial charge on any atom is 0.356 e. The molecule has 0 saturated heterocycles. The van der Waals surface area contributed by atoms with Crippen molar-refractivity contribution >= 4 is 45.0 Å². The standard InChI is InChI=1S/C23H19F2N5O4S/c1-3-34-23(33)15-10-14(29-30(15)2)21(32)28-17-16-12(11-7-5-4-6-8-11)9-13(19(24)25)27-22(16)35-18(17)20(26)31/h4-10,19H,3H2,1-2H3,(H2,26,31)(H,28,32). The van der Waals surface area contributed by atoms with E-state index in [2.05, 4.69) is 15.4 Å². The number of fused-ring (bicyclic) bond motifs is 1. The van der Waals surface area contributed by atoms with Gasteiger partial charge in [0.25, 0.3) is 18.2 Å². The van der Waals surface area contributed by atoms with E-state index >= 15 is 0 Å². The van der Waals surface area contributed by atoms with Crippen LogP contribution in [0.2, 0.25) is 0 Å². The number of nitrogens with zero attached hydrogens (tertiary/aromatic N) is 3. The number of primary amides is 1. The van der Waals surface area contributed by atoms with Gasteiger partial charge in [-0.3, -0.25) is 14.3 Å². The van der Waals surface area contributed by atoms with Crippen LogP contribution in [-0.4, -0.2) is 39.2 Å². The highest BCUT2D eigenvalue weighted by Gasteiger charge is 2.26. The van der Waals surface area contributed by atoms with Crippen LogP contribution in [0, 0.1) is 0 Å². The van der Waals surface area contributed by atoms with E-state index in [4.69, 9.17) is 10.5 Å². The first-order valence-corrected chi connectivity index (χ1v) is 11.2. The molecule has 0 radical (unpaired) electrons. The monoisotopic (exact) mass is 499 g/mol. The Kier molecular flexibility index (Phi) is 6.56. The van der Waals surface area contributed by atoms with Gasteiger partial charge in [0.05, 0.1) is 12.3 Å². The number of benzene rings is 1. The number of alkyl halides is 2. The van der Waals surface area contributed by atoms with E-state index in [1.165, 1.54) is 23.9 Å². The number of carbonyl (C=O) groups excluding carboxylic acids is 3. The van der Waals surface area contributed by atoms with E-state index < -0.39 is 29.9 Å². The number of anilines is 1. The number of hydrogen-bond acceptors (Lipinski definition) is 7. The van der Waals surface area contributed by atoms with Crippen LogP contribution in [0.4, 0.5) is 14.5 Å². The molecule has 0 saturated carbocycles. The van der Waals surface area contributed by atoms with E-state index in [0.29, 0.717) is 11.1 Å². The van der Waals surface area contributed by atoms with Crippen molar-refractivity contribution in [1.82, 2.24) is 14.8 Å². The molecule has 0 aliphatic heterocycles. The summed E-state index contributed by atoms with van der Waals surface area (Å²) in [4.78, 5) is 41.4. The fraction of sp³-hybridized carbons (Fsp3) is 0.174. The lowest BCUT2D eigenvalue weighted by atomic mass is 10.0. The predicted molar refractivity (Wildman–Crippen MR) is 126 cm³/mol. The van der Waals surface area contributed by atoms with Crippen LogP contribution < -0.4 is 11.1 Å². The molecule has 4 rings (SSSR count). The summed E-state index contributed by atoms with van der Waals surface area (Å²) in [6, 6.07) is 11.1. The van der Waals surface area contributed by atoms with E-state index in [1.54, 1.807) is 37.3 Å². The van der Waals surface area contributed by atoms with E-state index in [9.17, 15) is 23.2 Å². The minimum Gasteiger partial charge on any atom is -0.461 e. The average molecular weight is 499 g/mol. The summed E-state index contributed by atoms with van der Waals surface area (Å²) in [6.45, 7) is 1.79. The Morgan fingerprint density at radius 2 is 1.91 bits per heavy atom. The van der Waals surface area contributed by atoms with Crippen LogP contribution in [0.3, 0.4) is 0 Å². The van der Waals surface area contributed by atoms with E-state index in [0.717, 1.165) is 11.3 Å². The van der Waals surface area contributed by atoms with Gasteiger partial charge in [0, 0.05) is 18.5 Å². The lowest BCUT2D eigenvalue weighted by Gasteiger charge is -2.10. The molecular weight excluding hydrogens is 480 g/mol. The van der Waals surface area contributed by atoms with Gasteiger partial charge >= 0.3 is 5.97 Å². The molecule has 0 atom stereocenters. The maximum atomic E-state index is 13.6. The molecule has 0 aliphatic rings. The summed E-state index contributed by atoms with van der Waals surface area (Å²) >= 11 is 0.796. The van der Waals surface area contributed by atoms with Crippen molar-refractivity contribution in [3.63, 3.8) is 0 Å². The minimum atomic E-state index is -2.85. The normalized spacial score (nSPS) is 11.1. The second kappa shape index (κ2) is 9.58. The van der Waals surface area contributed by atoms with Crippen LogP contribution in [0.5, 0.6) is 0 Å². The second-order valence-corrected chi connectivity index (χ2v) is 8.32. The molecule has 0 aliphatic carbocycles. The molecule has 12 heteroatoms. The minimum absolute atomic E-state index is 0.0259. The number of esters is 1. The van der Waals surface area contributed by atoms with Gasteiger partial charge < -0.3 is 15.8 Å². The summed E-state index contributed by atoms with van der Waals surface area (Å²) in [5, 5.41) is 6.95. The first-order valence-electron chi connectivity index (χ1n) is 10.3. The molecule has 9 nitrogen and oxygen atoms in total. The van der Waals surface area contributed by atoms with Gasteiger partial charge in [-0.15, -0.1) is 11.3 Å². The van der Waals surface area contributed by atoms with Crippen LogP contribution in [0.1, 0.15) is 49.7 Å². The zero-order chi connectivity index (χ0) is 25.3. The Morgan fingerprint density at radius 3 is 2.54 bits per heavy atom. The molecule has 3 heterocycles. The largest absolute Gasteiger partial charge is 0.461 e. The molecule has 35 heavy (non-hydrogen) atoms. The Balaban J connectivity index is 1.86. The van der Waals surface area contributed by atoms with E-state index in [-0.39, 0.29) is 38.8 Å². The van der Waals surface area contributed by atoms with Crippen molar-refractivity contribution in [2.24, 2.45) is 12.8 Å². The van der Waals surface area contributed by atoms with Crippen LogP contribution in [0.15, 0.2) is 42.5 Å². The third-order valence-corrected chi connectivity index (χ3v) is 6.15. The molecule has 4 aromatic rings. The summed E-state index contributed by atoms with van der Waals surface area (Å²) in [6.07, 6.45) is -2.85. The Morgan fingerprint density at radius 1 is 1.20 bits per heavy atom. The topological polar surface area (TPSA) is 129 Å². The number of halogens is 2. The number of amides is 2. The number of ether oxygens (including phenoxy) is 1. The average Bonchev–Trinajstić information content (AvgIpc) is 3.40. The van der Waals surface area contributed by atoms with Crippen molar-refractivity contribution < 1.29 is 27.9 Å². The molecule has 0 spiro atoms. The molecule has 3 aromatic heterocycles. The maximum absolute atomic E-state index is 13.6. The summed E-state index contributed by atoms with van der Waals surface area (Å²) in [5.74, 6) is -2.26. The van der Waals surface area contributed by atoms with Crippen molar-refractivity contribution in [2.75, 3.05) is 11.9 Å². The van der Waals surface area contributed by atoms with Gasteiger partial charge in [0.1, 0.15) is 21.1 Å². The Hall–Kier alpha value is -4.19. The first-order chi connectivity index (χ1) is 16.7. The van der Waals surface area contributed by atoms with Crippen molar-refractivity contribution in [2.45, 2.75) is 13.3 Å². The molecule has 0 bridgehead atoms. The number of carbonyl (C=O) groups is 3. The van der Waals surface area contributed by atoms with Crippen molar-refractivity contribution in [3.8, 4) is 11.1 Å². The van der Waals surface area contributed by atoms with Crippen molar-refractivity contribution in [1.29, 1.82) is 0 Å². The number of aromatic nitrogens is 3. The zero-order valence-electron chi connectivity index (χ0n) is 18.5. The molecule has 180 valence electrons. The number of nitrogens with one attached hydrogen (secondary N) is 1. The molecule has 0 unspecified atom stereocenters. The van der Waals surface area contributed by atoms with Gasteiger partial charge in [-0.2, -0.15) is 5.10 Å². The zero-order valence-corrected chi connectivity index (χ0v) is 19.4.